The minimum atomic E-state index is -0.325. The van der Waals surface area contributed by atoms with Gasteiger partial charge in [-0.3, -0.25) is 14.3 Å². The highest BCUT2D eigenvalue weighted by Gasteiger charge is 2.22. The summed E-state index contributed by atoms with van der Waals surface area (Å²) >= 11 is 0. The fraction of sp³-hybridized carbons (Fsp3) is 0.250. The van der Waals surface area contributed by atoms with Crippen LogP contribution in [-0.4, -0.2) is 39.4 Å². The van der Waals surface area contributed by atoms with Gasteiger partial charge in [0.15, 0.2) is 5.82 Å². The third kappa shape index (κ3) is 3.63. The fourth-order valence-corrected chi connectivity index (χ4v) is 2.31. The molecule has 1 aliphatic rings. The number of hydrogen-bond acceptors (Lipinski definition) is 4. The van der Waals surface area contributed by atoms with Crippen molar-refractivity contribution >= 4 is 23.3 Å². The molecule has 0 fully saturated rings. The van der Waals surface area contributed by atoms with Crippen LogP contribution in [0.1, 0.15) is 18.4 Å². The maximum absolute atomic E-state index is 12.2. The zero-order chi connectivity index (χ0) is 16.2. The van der Waals surface area contributed by atoms with E-state index in [0.29, 0.717) is 30.9 Å². The molecule has 0 atom stereocenters. The van der Waals surface area contributed by atoms with Crippen LogP contribution in [0.25, 0.3) is 0 Å². The molecule has 1 aromatic carbocycles. The SMILES string of the molecule is CN1N=C(C(=O)Nc2ccn(Cc3ccccc3)n2)CCC1=O. The number of nitrogens with zero attached hydrogens (tertiary/aromatic N) is 4. The smallest absolute Gasteiger partial charge is 0.273 e. The number of carbonyl (C=O) groups is 2. The van der Waals surface area contributed by atoms with Gasteiger partial charge in [0.05, 0.1) is 6.54 Å². The van der Waals surface area contributed by atoms with Crippen molar-refractivity contribution < 1.29 is 9.59 Å². The Morgan fingerprint density at radius 3 is 2.74 bits per heavy atom. The van der Waals surface area contributed by atoms with E-state index in [1.807, 2.05) is 30.3 Å². The first-order valence-corrected chi connectivity index (χ1v) is 7.34. The van der Waals surface area contributed by atoms with E-state index in [4.69, 9.17) is 0 Å². The van der Waals surface area contributed by atoms with Gasteiger partial charge in [0.1, 0.15) is 5.71 Å². The summed E-state index contributed by atoms with van der Waals surface area (Å²) in [4.78, 5) is 23.5. The Labute approximate surface area is 133 Å². The van der Waals surface area contributed by atoms with Crippen molar-refractivity contribution in [1.82, 2.24) is 14.8 Å². The van der Waals surface area contributed by atoms with Crippen LogP contribution in [0.2, 0.25) is 0 Å². The normalized spacial score (nSPS) is 14.6. The number of carbonyl (C=O) groups excluding carboxylic acids is 2. The summed E-state index contributed by atoms with van der Waals surface area (Å²) in [7, 11) is 1.54. The maximum Gasteiger partial charge on any atom is 0.273 e. The second-order valence-corrected chi connectivity index (χ2v) is 5.30. The van der Waals surface area contributed by atoms with Gasteiger partial charge in [-0.25, -0.2) is 5.01 Å². The predicted octanol–water partition coefficient (Wildman–Crippen LogP) is 1.48. The molecule has 2 aromatic rings. The number of hydrogen-bond donors (Lipinski definition) is 1. The Morgan fingerprint density at radius 2 is 2.00 bits per heavy atom. The lowest BCUT2D eigenvalue weighted by Gasteiger charge is -2.18. The molecule has 0 spiro atoms. The summed E-state index contributed by atoms with van der Waals surface area (Å²) in [5, 5.41) is 12.2. The zero-order valence-electron chi connectivity index (χ0n) is 12.8. The molecule has 2 amide bonds. The van der Waals surface area contributed by atoms with Crippen molar-refractivity contribution in [3.05, 3.63) is 48.2 Å². The van der Waals surface area contributed by atoms with Crippen molar-refractivity contribution in [2.75, 3.05) is 12.4 Å². The molecular weight excluding hydrogens is 294 g/mol. The van der Waals surface area contributed by atoms with Crippen molar-refractivity contribution in [2.45, 2.75) is 19.4 Å². The van der Waals surface area contributed by atoms with E-state index in [1.54, 1.807) is 24.0 Å². The largest absolute Gasteiger partial charge is 0.304 e. The minimum Gasteiger partial charge on any atom is -0.304 e. The quantitative estimate of drug-likeness (QED) is 0.928. The van der Waals surface area contributed by atoms with E-state index in [0.717, 1.165) is 5.56 Å². The molecule has 0 aliphatic carbocycles. The number of nitrogens with one attached hydrogen (secondary N) is 1. The number of anilines is 1. The zero-order valence-corrected chi connectivity index (χ0v) is 12.8. The lowest BCUT2D eigenvalue weighted by Crippen LogP contribution is -2.34. The van der Waals surface area contributed by atoms with Crippen LogP contribution in [0, 0.1) is 0 Å². The van der Waals surface area contributed by atoms with Crippen molar-refractivity contribution in [1.29, 1.82) is 0 Å². The van der Waals surface area contributed by atoms with E-state index >= 15 is 0 Å². The Hall–Kier alpha value is -2.96. The van der Waals surface area contributed by atoms with Gasteiger partial charge in [-0.2, -0.15) is 10.2 Å². The summed E-state index contributed by atoms with van der Waals surface area (Å²) in [6.45, 7) is 0.634. The van der Waals surface area contributed by atoms with Crippen LogP contribution in [0.3, 0.4) is 0 Å². The monoisotopic (exact) mass is 311 g/mol. The van der Waals surface area contributed by atoms with Crippen LogP contribution in [-0.2, 0) is 16.1 Å². The summed E-state index contributed by atoms with van der Waals surface area (Å²) in [6.07, 6.45) is 2.45. The molecule has 1 N–H and O–H groups in total. The van der Waals surface area contributed by atoms with Gasteiger partial charge >= 0.3 is 0 Å². The van der Waals surface area contributed by atoms with Gasteiger partial charge < -0.3 is 5.32 Å². The second kappa shape index (κ2) is 6.43. The molecule has 1 aliphatic heterocycles. The van der Waals surface area contributed by atoms with Crippen molar-refractivity contribution in [3.8, 4) is 0 Å². The van der Waals surface area contributed by atoms with E-state index in [2.05, 4.69) is 15.5 Å². The summed E-state index contributed by atoms with van der Waals surface area (Å²) in [5.41, 5.74) is 1.47. The van der Waals surface area contributed by atoms with Gasteiger partial charge in [0.25, 0.3) is 5.91 Å². The van der Waals surface area contributed by atoms with E-state index in [-0.39, 0.29) is 11.8 Å². The molecule has 23 heavy (non-hydrogen) atoms. The standard InChI is InChI=1S/C16H17N5O2/c1-20-15(22)8-7-13(18-20)16(23)17-14-9-10-21(19-14)11-12-5-3-2-4-6-12/h2-6,9-10H,7-8,11H2,1H3,(H,17,19,23). The molecule has 7 nitrogen and oxygen atoms in total. The lowest BCUT2D eigenvalue weighted by molar-refractivity contribution is -0.130. The number of aromatic nitrogens is 2. The van der Waals surface area contributed by atoms with E-state index < -0.39 is 0 Å². The van der Waals surface area contributed by atoms with Gasteiger partial charge in [-0.15, -0.1) is 0 Å². The van der Waals surface area contributed by atoms with Crippen LogP contribution in [0.5, 0.6) is 0 Å². The Bertz CT molecular complexity index is 751. The molecule has 0 unspecified atom stereocenters. The Kier molecular flexibility index (Phi) is 4.18. The molecule has 1 aromatic heterocycles. The topological polar surface area (TPSA) is 79.6 Å². The molecule has 118 valence electrons. The number of hydrazone groups is 1. The molecule has 0 saturated heterocycles. The Balaban J connectivity index is 1.64. The first-order valence-electron chi connectivity index (χ1n) is 7.34. The Morgan fingerprint density at radius 1 is 1.22 bits per heavy atom. The second-order valence-electron chi connectivity index (χ2n) is 5.30. The highest BCUT2D eigenvalue weighted by atomic mass is 16.2. The number of benzene rings is 1. The van der Waals surface area contributed by atoms with Crippen LogP contribution >= 0.6 is 0 Å². The first-order chi connectivity index (χ1) is 11.1. The molecule has 2 heterocycles. The molecule has 7 heteroatoms. The van der Waals surface area contributed by atoms with Crippen LogP contribution < -0.4 is 5.32 Å². The van der Waals surface area contributed by atoms with Gasteiger partial charge in [-0.1, -0.05) is 30.3 Å². The summed E-state index contributed by atoms with van der Waals surface area (Å²) in [5.74, 6) is 0.0520. The average Bonchev–Trinajstić information content (AvgIpc) is 2.98. The highest BCUT2D eigenvalue weighted by molar-refractivity contribution is 6.43. The summed E-state index contributed by atoms with van der Waals surface area (Å²) < 4.78 is 1.75. The fourth-order valence-electron chi connectivity index (χ4n) is 2.31. The van der Waals surface area contributed by atoms with Crippen molar-refractivity contribution in [3.63, 3.8) is 0 Å². The molecular formula is C16H17N5O2. The molecule has 0 saturated carbocycles. The molecule has 0 bridgehead atoms. The van der Waals surface area contributed by atoms with Crippen LogP contribution in [0.15, 0.2) is 47.7 Å². The summed E-state index contributed by atoms with van der Waals surface area (Å²) in [6, 6.07) is 11.7. The minimum absolute atomic E-state index is 0.0892. The highest BCUT2D eigenvalue weighted by Crippen LogP contribution is 2.10. The van der Waals surface area contributed by atoms with Crippen LogP contribution in [0.4, 0.5) is 5.82 Å². The van der Waals surface area contributed by atoms with Gasteiger partial charge in [0.2, 0.25) is 5.91 Å². The average molecular weight is 311 g/mol. The number of amides is 2. The third-order valence-corrected chi connectivity index (χ3v) is 3.54. The van der Waals surface area contributed by atoms with Crippen molar-refractivity contribution in [2.24, 2.45) is 5.10 Å². The first kappa shape index (κ1) is 15.0. The number of rotatable bonds is 4. The molecule has 0 radical (unpaired) electrons. The van der Waals surface area contributed by atoms with E-state index in [9.17, 15) is 9.59 Å². The predicted molar refractivity (Wildman–Crippen MR) is 85.8 cm³/mol. The van der Waals surface area contributed by atoms with Gasteiger partial charge in [-0.05, 0) is 5.56 Å². The molecule has 3 rings (SSSR count). The lowest BCUT2D eigenvalue weighted by atomic mass is 10.1. The third-order valence-electron chi connectivity index (χ3n) is 3.54. The van der Waals surface area contributed by atoms with E-state index in [1.165, 1.54) is 5.01 Å². The van der Waals surface area contributed by atoms with Gasteiger partial charge in [0, 0.05) is 32.2 Å². The maximum atomic E-state index is 12.2.